The lowest BCUT2D eigenvalue weighted by molar-refractivity contribution is 0.419. The number of nitrogens with one attached hydrogen (secondary N) is 1. The lowest BCUT2D eigenvalue weighted by Gasteiger charge is -2.08. The topological polar surface area (TPSA) is 109 Å². The molecule has 0 aliphatic rings. The van der Waals surface area contributed by atoms with Gasteiger partial charge in [0.15, 0.2) is 0 Å². The first kappa shape index (κ1) is 14.1. The highest BCUT2D eigenvalue weighted by Crippen LogP contribution is 2.19. The molecule has 0 atom stereocenters. The molecule has 1 aromatic heterocycles. The fourth-order valence-corrected chi connectivity index (χ4v) is 2.15. The van der Waals surface area contributed by atoms with Gasteiger partial charge >= 0.3 is 0 Å². The first-order valence-corrected chi connectivity index (χ1v) is 7.31. The van der Waals surface area contributed by atoms with Crippen molar-refractivity contribution in [2.45, 2.75) is 18.6 Å². The van der Waals surface area contributed by atoms with E-state index < -0.39 is 10.0 Å². The highest BCUT2D eigenvalue weighted by molar-refractivity contribution is 7.89. The molecular weight excluding hydrogens is 278 g/mol. The highest BCUT2D eigenvalue weighted by Gasteiger charge is 2.13. The standard InChI is InChI=1S/C13H13N3O3S/c1-9-2-3-10(7-14)6-12(9)16-8-11-4-5-13(19-11)20(15,17)18/h2-6,16H,8H2,1H3,(H2,15,17,18). The Morgan fingerprint density at radius 1 is 1.35 bits per heavy atom. The van der Waals surface area contributed by atoms with Crippen molar-refractivity contribution in [2.75, 3.05) is 5.32 Å². The van der Waals surface area contributed by atoms with Gasteiger partial charge in [0.1, 0.15) is 5.76 Å². The summed E-state index contributed by atoms with van der Waals surface area (Å²) < 4.78 is 27.3. The second kappa shape index (κ2) is 5.36. The molecule has 0 amide bonds. The summed E-state index contributed by atoms with van der Waals surface area (Å²) in [5.41, 5.74) is 2.31. The van der Waals surface area contributed by atoms with Crippen LogP contribution in [0.4, 0.5) is 5.69 Å². The van der Waals surface area contributed by atoms with Gasteiger partial charge in [0.05, 0.1) is 18.2 Å². The number of nitrogens with zero attached hydrogens (tertiary/aromatic N) is 1. The van der Waals surface area contributed by atoms with Crippen molar-refractivity contribution < 1.29 is 12.8 Å². The molecule has 0 spiro atoms. The highest BCUT2D eigenvalue weighted by atomic mass is 32.2. The zero-order valence-electron chi connectivity index (χ0n) is 10.8. The van der Waals surface area contributed by atoms with E-state index in [9.17, 15) is 8.42 Å². The predicted octanol–water partition coefficient (Wildman–Crippen LogP) is 1.72. The molecule has 6 nitrogen and oxygen atoms in total. The van der Waals surface area contributed by atoms with Crippen LogP contribution in [0.15, 0.2) is 39.8 Å². The number of aryl methyl sites for hydroxylation is 1. The van der Waals surface area contributed by atoms with Crippen molar-refractivity contribution in [1.82, 2.24) is 0 Å². The number of hydrogen-bond donors (Lipinski definition) is 2. The fraction of sp³-hybridized carbons (Fsp3) is 0.154. The van der Waals surface area contributed by atoms with Crippen LogP contribution in [-0.4, -0.2) is 8.42 Å². The molecule has 1 aromatic carbocycles. The van der Waals surface area contributed by atoms with Gasteiger partial charge in [-0.05, 0) is 36.8 Å². The van der Waals surface area contributed by atoms with E-state index in [1.807, 2.05) is 13.0 Å². The summed E-state index contributed by atoms with van der Waals surface area (Å²) in [6.07, 6.45) is 0. The molecular formula is C13H13N3O3S. The monoisotopic (exact) mass is 291 g/mol. The van der Waals surface area contributed by atoms with Crippen LogP contribution in [0.5, 0.6) is 0 Å². The molecule has 0 bridgehead atoms. The zero-order valence-corrected chi connectivity index (χ0v) is 11.6. The molecule has 0 saturated heterocycles. The molecule has 0 fully saturated rings. The first-order chi connectivity index (χ1) is 9.40. The number of hydrogen-bond acceptors (Lipinski definition) is 5. The molecule has 0 aliphatic carbocycles. The normalized spacial score (nSPS) is 11.1. The Labute approximate surface area is 116 Å². The van der Waals surface area contributed by atoms with E-state index in [4.69, 9.17) is 14.8 Å². The summed E-state index contributed by atoms with van der Waals surface area (Å²) in [5, 5.41) is 16.6. The largest absolute Gasteiger partial charge is 0.446 e. The Kier molecular flexibility index (Phi) is 3.79. The van der Waals surface area contributed by atoms with E-state index in [0.29, 0.717) is 17.9 Å². The van der Waals surface area contributed by atoms with Crippen molar-refractivity contribution >= 4 is 15.7 Å². The van der Waals surface area contributed by atoms with E-state index in [-0.39, 0.29) is 5.09 Å². The molecule has 1 heterocycles. The van der Waals surface area contributed by atoms with Crippen LogP contribution in [0.3, 0.4) is 0 Å². The van der Waals surface area contributed by atoms with Crippen LogP contribution >= 0.6 is 0 Å². The number of benzene rings is 1. The number of nitrogens with two attached hydrogens (primary N) is 1. The molecule has 2 aromatic rings. The maximum atomic E-state index is 11.1. The summed E-state index contributed by atoms with van der Waals surface area (Å²) in [4.78, 5) is 0. The number of nitriles is 1. The lowest BCUT2D eigenvalue weighted by Crippen LogP contribution is -2.10. The maximum absolute atomic E-state index is 11.1. The van der Waals surface area contributed by atoms with Crippen LogP contribution in [0.2, 0.25) is 0 Å². The predicted molar refractivity (Wildman–Crippen MR) is 73.3 cm³/mol. The minimum atomic E-state index is -3.82. The SMILES string of the molecule is Cc1ccc(C#N)cc1NCc1ccc(S(N)(=O)=O)o1. The molecule has 0 saturated carbocycles. The molecule has 104 valence electrons. The van der Waals surface area contributed by atoms with Crippen molar-refractivity contribution in [2.24, 2.45) is 5.14 Å². The van der Waals surface area contributed by atoms with Gasteiger partial charge in [0.2, 0.25) is 5.09 Å². The molecule has 0 unspecified atom stereocenters. The summed E-state index contributed by atoms with van der Waals surface area (Å²) in [6, 6.07) is 10.2. The molecule has 3 N–H and O–H groups in total. The fourth-order valence-electron chi connectivity index (χ4n) is 1.67. The van der Waals surface area contributed by atoms with Gasteiger partial charge in [-0.2, -0.15) is 5.26 Å². The summed E-state index contributed by atoms with van der Waals surface area (Å²) in [7, 11) is -3.82. The summed E-state index contributed by atoms with van der Waals surface area (Å²) in [5.74, 6) is 0.441. The molecule has 2 rings (SSSR count). The number of rotatable bonds is 4. The second-order valence-electron chi connectivity index (χ2n) is 4.26. The van der Waals surface area contributed by atoms with Gasteiger partial charge < -0.3 is 9.73 Å². The number of sulfonamides is 1. The van der Waals surface area contributed by atoms with Crippen molar-refractivity contribution in [3.8, 4) is 6.07 Å². The quantitative estimate of drug-likeness (QED) is 0.891. The van der Waals surface area contributed by atoms with Gasteiger partial charge in [-0.25, -0.2) is 13.6 Å². The summed E-state index contributed by atoms with van der Waals surface area (Å²) in [6.45, 7) is 2.20. The van der Waals surface area contributed by atoms with Crippen LogP contribution in [0.25, 0.3) is 0 Å². The van der Waals surface area contributed by atoms with Gasteiger partial charge in [-0.3, -0.25) is 0 Å². The smallest absolute Gasteiger partial charge is 0.271 e. The van der Waals surface area contributed by atoms with Gasteiger partial charge in [-0.1, -0.05) is 6.07 Å². The third-order valence-corrected chi connectivity index (χ3v) is 3.52. The average molecular weight is 291 g/mol. The lowest BCUT2D eigenvalue weighted by atomic mass is 10.1. The third-order valence-electron chi connectivity index (χ3n) is 2.74. The zero-order chi connectivity index (χ0) is 14.8. The Bertz CT molecular complexity index is 772. The van der Waals surface area contributed by atoms with Crippen LogP contribution in [0, 0.1) is 18.3 Å². The minimum Gasteiger partial charge on any atom is -0.446 e. The molecule has 7 heteroatoms. The van der Waals surface area contributed by atoms with E-state index in [0.717, 1.165) is 11.3 Å². The molecule has 20 heavy (non-hydrogen) atoms. The van der Waals surface area contributed by atoms with E-state index in [1.54, 1.807) is 12.1 Å². The Morgan fingerprint density at radius 3 is 2.70 bits per heavy atom. The van der Waals surface area contributed by atoms with Crippen LogP contribution in [0.1, 0.15) is 16.9 Å². The molecule has 0 aliphatic heterocycles. The van der Waals surface area contributed by atoms with Gasteiger partial charge in [-0.15, -0.1) is 0 Å². The van der Waals surface area contributed by atoms with E-state index in [2.05, 4.69) is 11.4 Å². The van der Waals surface area contributed by atoms with Crippen molar-refractivity contribution in [3.63, 3.8) is 0 Å². The maximum Gasteiger partial charge on any atom is 0.271 e. The summed E-state index contributed by atoms with van der Waals surface area (Å²) >= 11 is 0. The molecule has 0 radical (unpaired) electrons. The number of furan rings is 1. The van der Waals surface area contributed by atoms with Crippen molar-refractivity contribution in [1.29, 1.82) is 5.26 Å². The number of primary sulfonamides is 1. The average Bonchev–Trinajstić information content (AvgIpc) is 2.86. The van der Waals surface area contributed by atoms with Crippen LogP contribution in [-0.2, 0) is 16.6 Å². The Morgan fingerprint density at radius 2 is 2.10 bits per heavy atom. The van der Waals surface area contributed by atoms with E-state index >= 15 is 0 Å². The number of anilines is 1. The van der Waals surface area contributed by atoms with Crippen molar-refractivity contribution in [3.05, 3.63) is 47.2 Å². The minimum absolute atomic E-state index is 0.267. The van der Waals surface area contributed by atoms with Gasteiger partial charge in [0, 0.05) is 5.69 Å². The first-order valence-electron chi connectivity index (χ1n) is 5.76. The third kappa shape index (κ3) is 3.17. The Hall–Kier alpha value is -2.30. The van der Waals surface area contributed by atoms with E-state index in [1.165, 1.54) is 12.1 Å². The van der Waals surface area contributed by atoms with Crippen LogP contribution < -0.4 is 10.5 Å². The second-order valence-corrected chi connectivity index (χ2v) is 5.75. The van der Waals surface area contributed by atoms with Gasteiger partial charge in [0.25, 0.3) is 10.0 Å². The Balaban J connectivity index is 2.13.